The van der Waals surface area contributed by atoms with Crippen LogP contribution in [0.15, 0.2) is 18.6 Å². The van der Waals surface area contributed by atoms with E-state index in [1.807, 2.05) is 27.7 Å². The molecule has 0 radical (unpaired) electrons. The second-order valence-corrected chi connectivity index (χ2v) is 17.6. The number of rotatable bonds is 15. The van der Waals surface area contributed by atoms with E-state index in [9.17, 15) is 24.3 Å². The molecule has 53 heavy (non-hydrogen) atoms. The Labute approximate surface area is 315 Å². The molecule has 4 fully saturated rings. The number of hydrogen-bond donors (Lipinski definition) is 5. The first kappa shape index (κ1) is 40.6. The van der Waals surface area contributed by atoms with Crippen molar-refractivity contribution in [3.8, 4) is 0 Å². The molecule has 3 unspecified atom stereocenters. The predicted molar refractivity (Wildman–Crippen MR) is 200 cm³/mol. The van der Waals surface area contributed by atoms with E-state index in [0.29, 0.717) is 31.7 Å². The number of hydrogen-bond acceptors (Lipinski definition) is 8. The van der Waals surface area contributed by atoms with E-state index in [2.05, 4.69) is 45.1 Å². The molecule has 1 aromatic heterocycles. The standard InChI is InChI=1S/C40H63N7O6/c1-7-12-28(32(48)37(52)43-27-17-18-27)44-35(50)30-21-40(24(2)3,26-15-11-16-26)23-47(30)38(53)33(39(4,5)6)46-36(51)31(25-13-9-8-10-14-25)45-34(49)29-22-41-19-20-42-29/h19-20,22,24-28,30-33,48H,7-18,21,23H2,1-6H3,(H,43,52)(H,44,50)(H,45,49)(H,46,51)/t28?,30-,31-,32?,33?,40+/m0/s1. The van der Waals surface area contributed by atoms with Gasteiger partial charge in [0.15, 0.2) is 6.10 Å². The summed E-state index contributed by atoms with van der Waals surface area (Å²) in [7, 11) is 0. The van der Waals surface area contributed by atoms with Gasteiger partial charge in [-0.1, -0.05) is 73.6 Å². The highest BCUT2D eigenvalue weighted by Crippen LogP contribution is 2.54. The molecule has 4 aliphatic rings. The van der Waals surface area contributed by atoms with Gasteiger partial charge in [-0.25, -0.2) is 4.98 Å². The summed E-state index contributed by atoms with van der Waals surface area (Å²) in [5.41, 5.74) is -0.950. The van der Waals surface area contributed by atoms with Crippen molar-refractivity contribution in [3.05, 3.63) is 24.3 Å². The average molecular weight is 738 g/mol. The Balaban J connectivity index is 1.42. The molecule has 0 bridgehead atoms. The van der Waals surface area contributed by atoms with Gasteiger partial charge in [0.2, 0.25) is 17.7 Å². The lowest BCUT2D eigenvalue weighted by Gasteiger charge is -2.46. The topological polar surface area (TPSA) is 183 Å². The van der Waals surface area contributed by atoms with Crippen molar-refractivity contribution >= 4 is 29.5 Å². The van der Waals surface area contributed by atoms with E-state index in [1.54, 1.807) is 4.90 Å². The molecule has 1 aromatic rings. The Morgan fingerprint density at radius 1 is 0.925 bits per heavy atom. The third-order valence-corrected chi connectivity index (χ3v) is 12.5. The minimum Gasteiger partial charge on any atom is -0.381 e. The zero-order valence-corrected chi connectivity index (χ0v) is 32.7. The van der Waals surface area contributed by atoms with Crippen LogP contribution in [0.2, 0.25) is 0 Å². The molecule has 2 heterocycles. The summed E-state index contributed by atoms with van der Waals surface area (Å²) in [6, 6.07) is -3.49. The van der Waals surface area contributed by atoms with Crippen molar-refractivity contribution < 1.29 is 29.1 Å². The van der Waals surface area contributed by atoms with Crippen molar-refractivity contribution in [1.82, 2.24) is 36.1 Å². The SMILES string of the molecule is CCCC(NC(=O)[C@@H]1C[C@@](C(C)C)(C2CCC2)CN1C(=O)C(NC(=O)[C@@H](NC(=O)c1cnccn1)C1CCCCC1)C(C)(C)C)C(O)C(=O)NC1CC1. The average Bonchev–Trinajstić information content (AvgIpc) is 3.83. The van der Waals surface area contributed by atoms with Crippen LogP contribution >= 0.6 is 0 Å². The lowest BCUT2D eigenvalue weighted by Crippen LogP contribution is -2.62. The molecule has 5 rings (SSSR count). The number of aliphatic hydroxyl groups is 1. The van der Waals surface area contributed by atoms with Crippen LogP contribution in [-0.4, -0.2) is 92.4 Å². The van der Waals surface area contributed by atoms with Crippen LogP contribution < -0.4 is 21.3 Å². The number of likely N-dealkylation sites (tertiary alicyclic amines) is 1. The molecule has 1 saturated heterocycles. The van der Waals surface area contributed by atoms with E-state index in [4.69, 9.17) is 0 Å². The molecule has 294 valence electrons. The van der Waals surface area contributed by atoms with Crippen molar-refractivity contribution in [1.29, 1.82) is 0 Å². The molecule has 5 amide bonds. The lowest BCUT2D eigenvalue weighted by atomic mass is 9.59. The van der Waals surface area contributed by atoms with Gasteiger partial charge in [-0.3, -0.25) is 29.0 Å². The minimum absolute atomic E-state index is 0.0646. The first-order chi connectivity index (χ1) is 25.2. The van der Waals surface area contributed by atoms with Gasteiger partial charge >= 0.3 is 0 Å². The third kappa shape index (κ3) is 9.56. The minimum atomic E-state index is -1.41. The normalized spacial score (nSPS) is 24.8. The van der Waals surface area contributed by atoms with Crippen LogP contribution in [0.25, 0.3) is 0 Å². The maximum atomic E-state index is 15.0. The summed E-state index contributed by atoms with van der Waals surface area (Å²) < 4.78 is 0. The van der Waals surface area contributed by atoms with Gasteiger partial charge in [-0.05, 0) is 80.0 Å². The van der Waals surface area contributed by atoms with Crippen molar-refractivity contribution in [2.45, 2.75) is 161 Å². The number of carbonyl (C=O) groups is 5. The zero-order valence-electron chi connectivity index (χ0n) is 32.7. The second-order valence-electron chi connectivity index (χ2n) is 17.6. The van der Waals surface area contributed by atoms with Gasteiger partial charge in [0.05, 0.1) is 12.2 Å². The lowest BCUT2D eigenvalue weighted by molar-refractivity contribution is -0.145. The molecule has 6 atom stereocenters. The van der Waals surface area contributed by atoms with Gasteiger partial charge < -0.3 is 31.3 Å². The molecule has 3 aliphatic carbocycles. The van der Waals surface area contributed by atoms with Crippen LogP contribution in [0.1, 0.15) is 136 Å². The smallest absolute Gasteiger partial charge is 0.272 e. The van der Waals surface area contributed by atoms with Crippen molar-refractivity contribution in [3.63, 3.8) is 0 Å². The van der Waals surface area contributed by atoms with Crippen LogP contribution in [0, 0.1) is 28.6 Å². The molecular weight excluding hydrogens is 674 g/mol. The van der Waals surface area contributed by atoms with E-state index in [1.165, 1.54) is 18.6 Å². The molecule has 0 aromatic carbocycles. The van der Waals surface area contributed by atoms with Crippen molar-refractivity contribution in [2.75, 3.05) is 6.54 Å². The molecule has 13 nitrogen and oxygen atoms in total. The number of nitrogens with zero attached hydrogens (tertiary/aromatic N) is 3. The van der Waals surface area contributed by atoms with Gasteiger partial charge in [0, 0.05) is 25.0 Å². The van der Waals surface area contributed by atoms with Crippen molar-refractivity contribution in [2.24, 2.45) is 28.6 Å². The summed E-state index contributed by atoms with van der Waals surface area (Å²) in [6.07, 6.45) is 13.7. The second kappa shape index (κ2) is 17.2. The zero-order chi connectivity index (χ0) is 38.5. The Bertz CT molecular complexity index is 1450. The molecule has 3 saturated carbocycles. The van der Waals surface area contributed by atoms with E-state index < -0.39 is 59.3 Å². The Morgan fingerprint density at radius 2 is 1.62 bits per heavy atom. The highest BCUT2D eigenvalue weighted by molar-refractivity contribution is 5.98. The maximum Gasteiger partial charge on any atom is 0.272 e. The largest absolute Gasteiger partial charge is 0.381 e. The van der Waals surface area contributed by atoms with Gasteiger partial charge in [-0.15, -0.1) is 0 Å². The van der Waals surface area contributed by atoms with Gasteiger partial charge in [-0.2, -0.15) is 0 Å². The van der Waals surface area contributed by atoms with Gasteiger partial charge in [0.25, 0.3) is 11.8 Å². The van der Waals surface area contributed by atoms with E-state index in [-0.39, 0.29) is 34.9 Å². The molecular formula is C40H63N7O6. The van der Waals surface area contributed by atoms with Crippen LogP contribution in [0.5, 0.6) is 0 Å². The fourth-order valence-electron chi connectivity index (χ4n) is 8.74. The molecule has 13 heteroatoms. The Morgan fingerprint density at radius 3 is 2.17 bits per heavy atom. The molecule has 5 N–H and O–H groups in total. The van der Waals surface area contributed by atoms with E-state index >= 15 is 4.79 Å². The number of amides is 5. The quantitative estimate of drug-likeness (QED) is 0.181. The van der Waals surface area contributed by atoms with E-state index in [0.717, 1.165) is 64.2 Å². The highest BCUT2D eigenvalue weighted by atomic mass is 16.3. The summed E-state index contributed by atoms with van der Waals surface area (Å²) >= 11 is 0. The Hall–Kier alpha value is -3.61. The maximum absolute atomic E-state index is 15.0. The van der Waals surface area contributed by atoms with Gasteiger partial charge in [0.1, 0.15) is 23.8 Å². The number of aromatic nitrogens is 2. The van der Waals surface area contributed by atoms with Crippen LogP contribution in [0.4, 0.5) is 0 Å². The van der Waals surface area contributed by atoms with Crippen LogP contribution in [-0.2, 0) is 19.2 Å². The monoisotopic (exact) mass is 737 g/mol. The third-order valence-electron chi connectivity index (χ3n) is 12.5. The first-order valence-corrected chi connectivity index (χ1v) is 20.1. The molecule has 1 aliphatic heterocycles. The summed E-state index contributed by atoms with van der Waals surface area (Å²) in [5.74, 6) is -1.77. The molecule has 0 spiro atoms. The summed E-state index contributed by atoms with van der Waals surface area (Å²) in [5, 5.41) is 22.9. The number of carbonyl (C=O) groups excluding carboxylic acids is 5. The van der Waals surface area contributed by atoms with Crippen LogP contribution in [0.3, 0.4) is 0 Å². The summed E-state index contributed by atoms with van der Waals surface area (Å²) in [4.78, 5) is 79.8. The first-order valence-electron chi connectivity index (χ1n) is 20.1. The Kier molecular flexibility index (Phi) is 13.2. The predicted octanol–water partition coefficient (Wildman–Crippen LogP) is 3.65. The highest BCUT2D eigenvalue weighted by Gasteiger charge is 2.56. The fraction of sp³-hybridized carbons (Fsp3) is 0.775. The number of nitrogens with one attached hydrogen (secondary N) is 4. The fourth-order valence-corrected chi connectivity index (χ4v) is 8.74. The number of aliphatic hydroxyl groups excluding tert-OH is 1. The summed E-state index contributed by atoms with van der Waals surface area (Å²) in [6.45, 7) is 12.3.